The molecular weight excluding hydrogens is 425 g/mol. The Balaban J connectivity index is 0.00000113. The van der Waals surface area contributed by atoms with Crippen LogP contribution in [0.15, 0.2) is 66.4 Å². The van der Waals surface area contributed by atoms with Crippen LogP contribution in [0.4, 0.5) is 0 Å². The summed E-state index contributed by atoms with van der Waals surface area (Å²) >= 11 is 5.99. The van der Waals surface area contributed by atoms with E-state index >= 15 is 0 Å². The molecule has 0 spiro atoms. The van der Waals surface area contributed by atoms with E-state index in [4.69, 9.17) is 11.6 Å². The van der Waals surface area contributed by atoms with Crippen molar-refractivity contribution in [3.63, 3.8) is 0 Å². The summed E-state index contributed by atoms with van der Waals surface area (Å²) in [5, 5.41) is 1.93. The van der Waals surface area contributed by atoms with Crippen molar-refractivity contribution in [2.24, 2.45) is 0 Å². The number of pyridine rings is 1. The van der Waals surface area contributed by atoms with Gasteiger partial charge in [-0.2, -0.15) is 11.6 Å². The molecule has 131 valence electrons. The first-order valence-corrected chi connectivity index (χ1v) is 8.03. The molecule has 3 aromatic rings. The van der Waals surface area contributed by atoms with Crippen LogP contribution in [0.2, 0.25) is 5.02 Å². The predicted molar refractivity (Wildman–Crippen MR) is 97.1 cm³/mol. The minimum Gasteiger partial charge on any atom is -1.00 e. The van der Waals surface area contributed by atoms with Crippen molar-refractivity contribution in [1.82, 2.24) is 4.98 Å². The molecule has 5 heteroatoms. The van der Waals surface area contributed by atoms with E-state index < -0.39 is 0 Å². The SMILES string of the molecule is CC1=C(c2cccc3cccnc23)C[C-]=C1c1ccc(Cl)cc1.[Cl-].[Cl-].[Cr+3]. The Morgan fingerprint density at radius 2 is 1.65 bits per heavy atom. The smallest absolute Gasteiger partial charge is 1.00 e. The monoisotopic (exact) mass is 438 g/mol. The molecule has 26 heavy (non-hydrogen) atoms. The summed E-state index contributed by atoms with van der Waals surface area (Å²) in [7, 11) is 0. The van der Waals surface area contributed by atoms with E-state index in [-0.39, 0.29) is 42.2 Å². The molecule has 0 saturated heterocycles. The Hall–Kier alpha value is -1.27. The summed E-state index contributed by atoms with van der Waals surface area (Å²) in [5.41, 5.74) is 7.17. The quantitative estimate of drug-likeness (QED) is 0.511. The van der Waals surface area contributed by atoms with Gasteiger partial charge in [0.15, 0.2) is 0 Å². The number of halogens is 3. The van der Waals surface area contributed by atoms with Crippen LogP contribution in [0, 0.1) is 6.08 Å². The van der Waals surface area contributed by atoms with Gasteiger partial charge in [0.1, 0.15) is 0 Å². The maximum absolute atomic E-state index is 5.99. The van der Waals surface area contributed by atoms with Crippen LogP contribution < -0.4 is 24.8 Å². The van der Waals surface area contributed by atoms with Crippen molar-refractivity contribution in [1.29, 1.82) is 0 Å². The van der Waals surface area contributed by atoms with Crippen molar-refractivity contribution in [3.8, 4) is 0 Å². The molecule has 0 N–H and O–H groups in total. The second kappa shape index (κ2) is 9.61. The Kier molecular flexibility index (Phi) is 8.41. The molecule has 0 saturated carbocycles. The van der Waals surface area contributed by atoms with Gasteiger partial charge in [0.2, 0.25) is 0 Å². The third kappa shape index (κ3) is 4.17. The van der Waals surface area contributed by atoms with Crippen molar-refractivity contribution in [3.05, 3.63) is 88.6 Å². The van der Waals surface area contributed by atoms with Gasteiger partial charge in [-0.1, -0.05) is 66.9 Å². The zero-order valence-electron chi connectivity index (χ0n) is 14.0. The summed E-state index contributed by atoms with van der Waals surface area (Å²) in [6, 6.07) is 18.4. The van der Waals surface area contributed by atoms with E-state index in [9.17, 15) is 0 Å². The third-order valence-corrected chi connectivity index (χ3v) is 4.61. The molecule has 0 aliphatic heterocycles. The van der Waals surface area contributed by atoms with Crippen LogP contribution in [0.1, 0.15) is 24.5 Å². The van der Waals surface area contributed by atoms with Gasteiger partial charge >= 0.3 is 17.4 Å². The van der Waals surface area contributed by atoms with Gasteiger partial charge in [-0.15, -0.1) is 23.3 Å². The average Bonchev–Trinajstić information content (AvgIpc) is 2.96. The molecule has 1 heterocycles. The fraction of sp³-hybridized carbons (Fsp3) is 0.0952. The zero-order valence-corrected chi connectivity index (χ0v) is 17.5. The molecule has 0 unspecified atom stereocenters. The predicted octanol–water partition coefficient (Wildman–Crippen LogP) is -0.0423. The first-order chi connectivity index (χ1) is 11.2. The summed E-state index contributed by atoms with van der Waals surface area (Å²) in [5.74, 6) is 0. The molecule has 0 bridgehead atoms. The fourth-order valence-corrected chi connectivity index (χ4v) is 3.30. The second-order valence-electron chi connectivity index (χ2n) is 5.72. The topological polar surface area (TPSA) is 12.9 Å². The number of aromatic nitrogens is 1. The maximum atomic E-state index is 5.99. The maximum Gasteiger partial charge on any atom is 3.00 e. The van der Waals surface area contributed by atoms with Crippen LogP contribution in [-0.4, -0.2) is 4.98 Å². The molecule has 0 amide bonds. The van der Waals surface area contributed by atoms with Crippen molar-refractivity contribution in [2.45, 2.75) is 13.3 Å². The van der Waals surface area contributed by atoms with Gasteiger partial charge in [-0.3, -0.25) is 4.98 Å². The number of nitrogens with zero attached hydrogens (tertiary/aromatic N) is 1. The van der Waals surface area contributed by atoms with E-state index in [1.54, 1.807) is 0 Å². The molecule has 1 aliphatic carbocycles. The number of hydrogen-bond donors (Lipinski definition) is 0. The van der Waals surface area contributed by atoms with Gasteiger partial charge in [-0.25, -0.2) is 0 Å². The summed E-state index contributed by atoms with van der Waals surface area (Å²) in [6.07, 6.45) is 6.20. The molecule has 1 nitrogen and oxygen atoms in total. The van der Waals surface area contributed by atoms with Crippen LogP contribution in [0.5, 0.6) is 0 Å². The second-order valence-corrected chi connectivity index (χ2v) is 6.16. The van der Waals surface area contributed by atoms with Crippen LogP contribution >= 0.6 is 11.6 Å². The van der Waals surface area contributed by atoms with Crippen molar-refractivity contribution < 1.29 is 42.2 Å². The number of rotatable bonds is 2. The Morgan fingerprint density at radius 1 is 0.962 bits per heavy atom. The van der Waals surface area contributed by atoms with Gasteiger partial charge in [-0.05, 0) is 11.6 Å². The van der Waals surface area contributed by atoms with Gasteiger partial charge in [0.25, 0.3) is 0 Å². The van der Waals surface area contributed by atoms with E-state index in [1.807, 2.05) is 24.4 Å². The van der Waals surface area contributed by atoms with Crippen LogP contribution in [-0.2, 0) is 17.4 Å². The summed E-state index contributed by atoms with van der Waals surface area (Å²) < 4.78 is 0. The van der Waals surface area contributed by atoms with Crippen molar-refractivity contribution in [2.75, 3.05) is 0 Å². The Bertz CT molecular complexity index is 957. The number of fused-ring (bicyclic) bond motifs is 1. The Labute approximate surface area is 182 Å². The van der Waals surface area contributed by atoms with E-state index in [0.717, 1.165) is 22.5 Å². The van der Waals surface area contributed by atoms with Gasteiger partial charge < -0.3 is 24.8 Å². The van der Waals surface area contributed by atoms with E-state index in [0.29, 0.717) is 0 Å². The minimum absolute atomic E-state index is 0. The third-order valence-electron chi connectivity index (χ3n) is 4.36. The average molecular weight is 440 g/mol. The molecule has 1 aromatic heterocycles. The molecular formula is C21H15Cl3CrN. The first-order valence-electron chi connectivity index (χ1n) is 7.65. The molecule has 1 aliphatic rings. The van der Waals surface area contributed by atoms with Crippen molar-refractivity contribution >= 4 is 33.7 Å². The molecule has 1 radical (unpaired) electrons. The standard InChI is InChI=1S/C21H15ClN.2ClH.Cr/c1-14-18(15-7-9-17(22)10-8-15)11-12-19(14)20-6-2-4-16-5-3-13-23-21(16)20;;;/h2-10,13H,12H2,1H3;2*1H;/q-1;;;+3/p-2. The minimum atomic E-state index is 0. The number of hydrogen-bond acceptors (Lipinski definition) is 1. The molecule has 0 fully saturated rings. The largest absolute Gasteiger partial charge is 3.00 e. The summed E-state index contributed by atoms with van der Waals surface area (Å²) in [4.78, 5) is 4.58. The zero-order chi connectivity index (χ0) is 15.8. The van der Waals surface area contributed by atoms with E-state index in [1.165, 1.54) is 27.7 Å². The first kappa shape index (κ1) is 22.8. The molecule has 4 rings (SSSR count). The number of benzene rings is 2. The number of allylic oxidation sites excluding steroid dienone is 4. The normalized spacial score (nSPS) is 12.8. The van der Waals surface area contributed by atoms with Crippen LogP contribution in [0.3, 0.4) is 0 Å². The van der Waals surface area contributed by atoms with E-state index in [2.05, 4.69) is 54.4 Å². The summed E-state index contributed by atoms with van der Waals surface area (Å²) in [6.45, 7) is 2.17. The van der Waals surface area contributed by atoms with Gasteiger partial charge in [0.05, 0.1) is 5.52 Å². The fourth-order valence-electron chi connectivity index (χ4n) is 3.17. The Morgan fingerprint density at radius 3 is 2.38 bits per heavy atom. The van der Waals surface area contributed by atoms with Crippen LogP contribution in [0.25, 0.3) is 22.0 Å². The molecule has 0 atom stereocenters. The number of para-hydroxylation sites is 1. The van der Waals surface area contributed by atoms with Gasteiger partial charge in [0, 0.05) is 16.6 Å². The molecule has 2 aromatic carbocycles.